The number of rotatable bonds is 5. The van der Waals surface area contributed by atoms with E-state index in [0.717, 1.165) is 36.0 Å². The van der Waals surface area contributed by atoms with Crippen molar-refractivity contribution in [2.24, 2.45) is 0 Å². The average molecular weight is 236 g/mol. The number of hydrogen-bond acceptors (Lipinski definition) is 4. The molecule has 1 unspecified atom stereocenters. The Morgan fingerprint density at radius 3 is 2.41 bits per heavy atom. The van der Waals surface area contributed by atoms with Crippen molar-refractivity contribution in [1.82, 2.24) is 9.97 Å². The van der Waals surface area contributed by atoms with Gasteiger partial charge in [-0.1, -0.05) is 6.92 Å². The van der Waals surface area contributed by atoms with Crippen LogP contribution in [0.5, 0.6) is 0 Å². The molecule has 1 atom stereocenters. The zero-order valence-corrected chi connectivity index (χ0v) is 11.8. The molecule has 1 aromatic rings. The Morgan fingerprint density at radius 2 is 1.88 bits per heavy atom. The Morgan fingerprint density at radius 1 is 1.24 bits per heavy atom. The number of hydrogen-bond donors (Lipinski definition) is 1. The van der Waals surface area contributed by atoms with Crippen molar-refractivity contribution in [1.29, 1.82) is 0 Å². The van der Waals surface area contributed by atoms with E-state index in [1.165, 1.54) is 0 Å². The number of nitrogens with one attached hydrogen (secondary N) is 1. The van der Waals surface area contributed by atoms with Crippen molar-refractivity contribution in [3.05, 3.63) is 11.4 Å². The van der Waals surface area contributed by atoms with Crippen molar-refractivity contribution in [2.45, 2.75) is 47.1 Å². The van der Waals surface area contributed by atoms with Gasteiger partial charge < -0.3 is 10.2 Å². The molecular formula is C13H24N4. The van der Waals surface area contributed by atoms with Crippen LogP contribution in [0.2, 0.25) is 0 Å². The van der Waals surface area contributed by atoms with Crippen LogP contribution >= 0.6 is 0 Å². The van der Waals surface area contributed by atoms with Gasteiger partial charge in [0.2, 0.25) is 0 Å². The Hall–Kier alpha value is -1.32. The molecule has 4 nitrogen and oxygen atoms in total. The molecule has 0 amide bonds. The van der Waals surface area contributed by atoms with E-state index in [4.69, 9.17) is 0 Å². The molecule has 96 valence electrons. The van der Waals surface area contributed by atoms with Gasteiger partial charge in [-0.15, -0.1) is 0 Å². The van der Waals surface area contributed by atoms with E-state index >= 15 is 0 Å². The molecule has 0 bridgehead atoms. The molecule has 0 radical (unpaired) electrons. The maximum atomic E-state index is 4.56. The largest absolute Gasteiger partial charge is 0.370 e. The third-order valence-electron chi connectivity index (χ3n) is 3.16. The maximum Gasteiger partial charge on any atom is 0.137 e. The van der Waals surface area contributed by atoms with E-state index in [0.29, 0.717) is 6.04 Å². The highest BCUT2D eigenvalue weighted by atomic mass is 15.2. The number of aromatic nitrogens is 2. The van der Waals surface area contributed by atoms with Crippen LogP contribution in [-0.4, -0.2) is 29.6 Å². The molecule has 1 heterocycles. The lowest BCUT2D eigenvalue weighted by Gasteiger charge is -2.27. The third kappa shape index (κ3) is 3.08. The quantitative estimate of drug-likeness (QED) is 0.853. The first kappa shape index (κ1) is 13.7. The molecule has 0 aliphatic rings. The predicted octanol–water partition coefficient (Wildman–Crippen LogP) is 2.76. The normalized spacial score (nSPS) is 12.4. The van der Waals surface area contributed by atoms with Crippen LogP contribution < -0.4 is 10.2 Å². The third-order valence-corrected chi connectivity index (χ3v) is 3.16. The zero-order chi connectivity index (χ0) is 13.0. The average Bonchev–Trinajstić information content (AvgIpc) is 2.31. The molecule has 0 aliphatic carbocycles. The van der Waals surface area contributed by atoms with Crippen LogP contribution in [0.15, 0.2) is 0 Å². The van der Waals surface area contributed by atoms with Gasteiger partial charge in [-0.3, -0.25) is 0 Å². The summed E-state index contributed by atoms with van der Waals surface area (Å²) in [5.41, 5.74) is 1.13. The van der Waals surface area contributed by atoms with Crippen LogP contribution in [0.4, 0.5) is 11.6 Å². The smallest absolute Gasteiger partial charge is 0.137 e. The number of nitrogens with zero attached hydrogens (tertiary/aromatic N) is 3. The zero-order valence-electron chi connectivity index (χ0n) is 11.8. The summed E-state index contributed by atoms with van der Waals surface area (Å²) in [6.45, 7) is 11.4. The van der Waals surface area contributed by atoms with Gasteiger partial charge in [0.05, 0.1) is 0 Å². The molecular weight excluding hydrogens is 212 g/mol. The fourth-order valence-electron chi connectivity index (χ4n) is 1.78. The fraction of sp³-hybridized carbons (Fsp3) is 0.692. The van der Waals surface area contributed by atoms with Crippen molar-refractivity contribution in [2.75, 3.05) is 23.8 Å². The van der Waals surface area contributed by atoms with Gasteiger partial charge in [-0.25, -0.2) is 9.97 Å². The van der Waals surface area contributed by atoms with Gasteiger partial charge in [0.25, 0.3) is 0 Å². The second-order valence-electron chi connectivity index (χ2n) is 4.47. The minimum absolute atomic E-state index is 0.484. The summed E-state index contributed by atoms with van der Waals surface area (Å²) < 4.78 is 0. The Bertz CT molecular complexity index is 376. The topological polar surface area (TPSA) is 41.1 Å². The summed E-state index contributed by atoms with van der Waals surface area (Å²) in [5.74, 6) is 2.80. The molecule has 1 aromatic heterocycles. The summed E-state index contributed by atoms with van der Waals surface area (Å²) >= 11 is 0. The highest BCUT2D eigenvalue weighted by Crippen LogP contribution is 2.24. The summed E-state index contributed by atoms with van der Waals surface area (Å²) in [6.07, 6.45) is 1.11. The van der Waals surface area contributed by atoms with Crippen LogP contribution in [0.1, 0.15) is 38.6 Å². The Balaban J connectivity index is 3.14. The van der Waals surface area contributed by atoms with E-state index in [2.05, 4.69) is 54.9 Å². The molecule has 1 rings (SSSR count). The standard InChI is InChI=1S/C13H24N4/c1-7-9(3)17(6)13-10(4)12(14-8-2)15-11(5)16-13/h9H,7-8H2,1-6H3,(H,14,15,16). The van der Waals surface area contributed by atoms with E-state index in [9.17, 15) is 0 Å². The minimum Gasteiger partial charge on any atom is -0.370 e. The number of aryl methyl sites for hydroxylation is 1. The van der Waals surface area contributed by atoms with E-state index in [1.54, 1.807) is 0 Å². The second-order valence-corrected chi connectivity index (χ2v) is 4.47. The van der Waals surface area contributed by atoms with Crippen LogP contribution in [0.25, 0.3) is 0 Å². The highest BCUT2D eigenvalue weighted by molar-refractivity contribution is 5.58. The summed E-state index contributed by atoms with van der Waals surface area (Å²) in [6, 6.07) is 0.484. The van der Waals surface area contributed by atoms with Crippen molar-refractivity contribution in [3.63, 3.8) is 0 Å². The first-order valence-corrected chi connectivity index (χ1v) is 6.33. The van der Waals surface area contributed by atoms with Gasteiger partial charge in [0, 0.05) is 25.2 Å². The molecule has 0 fully saturated rings. The molecule has 17 heavy (non-hydrogen) atoms. The van der Waals surface area contributed by atoms with Crippen molar-refractivity contribution >= 4 is 11.6 Å². The van der Waals surface area contributed by atoms with Crippen LogP contribution in [-0.2, 0) is 0 Å². The molecule has 0 saturated carbocycles. The lowest BCUT2D eigenvalue weighted by Crippen LogP contribution is -2.30. The second kappa shape index (κ2) is 5.84. The van der Waals surface area contributed by atoms with Gasteiger partial charge in [0.1, 0.15) is 17.5 Å². The summed E-state index contributed by atoms with van der Waals surface area (Å²) in [7, 11) is 2.10. The van der Waals surface area contributed by atoms with E-state index < -0.39 is 0 Å². The van der Waals surface area contributed by atoms with Crippen LogP contribution in [0, 0.1) is 13.8 Å². The van der Waals surface area contributed by atoms with Gasteiger partial charge in [0.15, 0.2) is 0 Å². The molecule has 0 spiro atoms. The fourth-order valence-corrected chi connectivity index (χ4v) is 1.78. The van der Waals surface area contributed by atoms with Gasteiger partial charge in [-0.05, 0) is 34.1 Å². The summed E-state index contributed by atoms with van der Waals surface area (Å²) in [5, 5.41) is 3.29. The number of anilines is 2. The van der Waals surface area contributed by atoms with E-state index in [1.807, 2.05) is 6.92 Å². The lowest BCUT2D eigenvalue weighted by molar-refractivity contribution is 0.653. The molecule has 4 heteroatoms. The maximum absolute atomic E-state index is 4.56. The molecule has 0 aliphatic heterocycles. The van der Waals surface area contributed by atoms with Crippen LogP contribution in [0.3, 0.4) is 0 Å². The molecule has 1 N–H and O–H groups in total. The highest BCUT2D eigenvalue weighted by Gasteiger charge is 2.15. The Labute approximate surface area is 104 Å². The summed E-state index contributed by atoms with van der Waals surface area (Å²) in [4.78, 5) is 11.2. The first-order valence-electron chi connectivity index (χ1n) is 6.33. The minimum atomic E-state index is 0.484. The first-order chi connectivity index (χ1) is 8.01. The lowest BCUT2D eigenvalue weighted by atomic mass is 10.2. The predicted molar refractivity (Wildman–Crippen MR) is 73.8 cm³/mol. The van der Waals surface area contributed by atoms with Crippen molar-refractivity contribution < 1.29 is 0 Å². The van der Waals surface area contributed by atoms with Crippen molar-refractivity contribution in [3.8, 4) is 0 Å². The van der Waals surface area contributed by atoms with Gasteiger partial charge >= 0.3 is 0 Å². The Kier molecular flexibility index (Phi) is 4.73. The monoisotopic (exact) mass is 236 g/mol. The molecule has 0 aromatic carbocycles. The SMILES string of the molecule is CCNc1nc(C)nc(N(C)C(C)CC)c1C. The van der Waals surface area contributed by atoms with E-state index in [-0.39, 0.29) is 0 Å². The molecule has 0 saturated heterocycles. The van der Waals surface area contributed by atoms with Gasteiger partial charge in [-0.2, -0.15) is 0 Å².